The normalized spacial score (nSPS) is 18.0. The molecule has 0 bridgehead atoms. The van der Waals surface area contributed by atoms with Gasteiger partial charge in [-0.15, -0.1) is 0 Å². The number of benzene rings is 1. The summed E-state index contributed by atoms with van der Waals surface area (Å²) in [5.74, 6) is -1.54. The summed E-state index contributed by atoms with van der Waals surface area (Å²) >= 11 is 0. The highest BCUT2D eigenvalue weighted by Gasteiger charge is 2.38. The lowest BCUT2D eigenvalue weighted by molar-refractivity contribution is -0.159. The van der Waals surface area contributed by atoms with Crippen LogP contribution in [-0.4, -0.2) is 33.7 Å². The van der Waals surface area contributed by atoms with E-state index in [0.29, 0.717) is 11.3 Å². The summed E-state index contributed by atoms with van der Waals surface area (Å²) in [4.78, 5) is 17.6. The van der Waals surface area contributed by atoms with Crippen molar-refractivity contribution in [2.75, 3.05) is 11.9 Å². The largest absolute Gasteiger partial charge is 0.471 e. The van der Waals surface area contributed by atoms with E-state index in [1.807, 2.05) is 4.90 Å². The number of aromatic nitrogens is 2. The Labute approximate surface area is 148 Å². The number of nitrogens with zero attached hydrogens (tertiary/aromatic N) is 3. The monoisotopic (exact) mass is 368 g/mol. The molecule has 9 heteroatoms. The summed E-state index contributed by atoms with van der Waals surface area (Å²) in [7, 11) is 0. The van der Waals surface area contributed by atoms with Crippen LogP contribution < -0.4 is 5.32 Å². The Morgan fingerprint density at radius 1 is 1.31 bits per heavy atom. The van der Waals surface area contributed by atoms with Gasteiger partial charge in [0.15, 0.2) is 0 Å². The van der Waals surface area contributed by atoms with Crippen LogP contribution in [0.4, 0.5) is 23.7 Å². The zero-order valence-electron chi connectivity index (χ0n) is 14.2. The number of alkyl halides is 3. The lowest BCUT2D eigenvalue weighted by Gasteiger charge is -2.35. The number of amides is 2. The van der Waals surface area contributed by atoms with E-state index in [2.05, 4.69) is 26.9 Å². The topological polar surface area (TPSA) is 71.3 Å². The fraction of sp³-hybridized carbons (Fsp3) is 0.471. The Kier molecular flexibility index (Phi) is 5.15. The van der Waals surface area contributed by atoms with E-state index >= 15 is 0 Å². The maximum Gasteiger partial charge on any atom is 0.471 e. The summed E-state index contributed by atoms with van der Waals surface area (Å²) in [5, 5.41) is 6.16. The third kappa shape index (κ3) is 3.97. The van der Waals surface area contributed by atoms with Crippen molar-refractivity contribution < 1.29 is 22.5 Å². The first-order valence-corrected chi connectivity index (χ1v) is 8.47. The second-order valence-electron chi connectivity index (χ2n) is 6.18. The smallest absolute Gasteiger partial charge is 0.329 e. The van der Waals surface area contributed by atoms with Crippen LogP contribution in [0.25, 0.3) is 11.4 Å². The van der Waals surface area contributed by atoms with Gasteiger partial charge < -0.3 is 14.7 Å². The standard InChI is InChI=1S/C17H19F3N4O2/c1-2-13-5-3-4-10-24(13)16(25)21-12-8-6-11(7-9-12)14-22-15(26-23-14)17(18,19)20/h6-9,13H,2-5,10H2,1H3,(H,21,25). The predicted molar refractivity (Wildman–Crippen MR) is 88.4 cm³/mol. The molecule has 1 aliphatic heterocycles. The molecule has 0 aliphatic carbocycles. The van der Waals surface area contributed by atoms with Gasteiger partial charge in [-0.2, -0.15) is 18.2 Å². The van der Waals surface area contributed by atoms with Crippen LogP contribution in [0.2, 0.25) is 0 Å². The van der Waals surface area contributed by atoms with Crippen LogP contribution in [0.1, 0.15) is 38.5 Å². The van der Waals surface area contributed by atoms with Gasteiger partial charge in [0, 0.05) is 23.8 Å². The van der Waals surface area contributed by atoms with Gasteiger partial charge in [-0.05, 0) is 49.9 Å². The first-order chi connectivity index (χ1) is 12.4. The molecule has 1 atom stereocenters. The molecular weight excluding hydrogens is 349 g/mol. The highest BCUT2D eigenvalue weighted by molar-refractivity contribution is 5.89. The molecule has 1 aromatic heterocycles. The van der Waals surface area contributed by atoms with E-state index in [1.165, 1.54) is 12.1 Å². The number of anilines is 1. The molecule has 1 aliphatic rings. The number of likely N-dealkylation sites (tertiary alicyclic amines) is 1. The number of hydrogen-bond donors (Lipinski definition) is 1. The molecular formula is C17H19F3N4O2. The minimum atomic E-state index is -4.68. The van der Waals surface area contributed by atoms with Crippen LogP contribution in [0, 0.1) is 0 Å². The van der Waals surface area contributed by atoms with Gasteiger partial charge in [0.25, 0.3) is 0 Å². The molecule has 0 saturated carbocycles. The summed E-state index contributed by atoms with van der Waals surface area (Å²) in [6, 6.07) is 6.34. The first-order valence-electron chi connectivity index (χ1n) is 8.47. The quantitative estimate of drug-likeness (QED) is 0.863. The molecule has 26 heavy (non-hydrogen) atoms. The van der Waals surface area contributed by atoms with Gasteiger partial charge in [-0.3, -0.25) is 0 Å². The van der Waals surface area contributed by atoms with E-state index in [1.54, 1.807) is 12.1 Å². The van der Waals surface area contributed by atoms with E-state index in [4.69, 9.17) is 0 Å². The van der Waals surface area contributed by atoms with Crippen molar-refractivity contribution in [3.05, 3.63) is 30.2 Å². The molecule has 1 unspecified atom stereocenters. The Balaban J connectivity index is 1.68. The minimum Gasteiger partial charge on any atom is -0.329 e. The molecule has 1 fully saturated rings. The molecule has 1 aromatic carbocycles. The summed E-state index contributed by atoms with van der Waals surface area (Å²) in [6.07, 6.45) is -0.652. The average Bonchev–Trinajstić information content (AvgIpc) is 3.13. The number of hydrogen-bond acceptors (Lipinski definition) is 4. The SMILES string of the molecule is CCC1CCCCN1C(=O)Nc1ccc(-c2noc(C(F)(F)F)n2)cc1. The molecule has 2 heterocycles. The second-order valence-corrected chi connectivity index (χ2v) is 6.18. The zero-order chi connectivity index (χ0) is 18.7. The van der Waals surface area contributed by atoms with Gasteiger partial charge in [0.05, 0.1) is 0 Å². The predicted octanol–water partition coefficient (Wildman–Crippen LogP) is 4.55. The number of carbonyl (C=O) groups excluding carboxylic acids is 1. The maximum atomic E-state index is 12.5. The Hall–Kier alpha value is -2.58. The molecule has 1 saturated heterocycles. The van der Waals surface area contributed by atoms with Crippen molar-refractivity contribution in [3.8, 4) is 11.4 Å². The number of piperidine rings is 1. The second kappa shape index (κ2) is 7.35. The Bertz CT molecular complexity index is 758. The van der Waals surface area contributed by atoms with Crippen LogP contribution in [-0.2, 0) is 6.18 Å². The van der Waals surface area contributed by atoms with Crippen LogP contribution in [0.5, 0.6) is 0 Å². The highest BCUT2D eigenvalue weighted by Crippen LogP contribution is 2.29. The minimum absolute atomic E-state index is 0.155. The fourth-order valence-corrected chi connectivity index (χ4v) is 3.05. The zero-order valence-corrected chi connectivity index (χ0v) is 14.2. The molecule has 2 aromatic rings. The summed E-state index contributed by atoms with van der Waals surface area (Å²) in [6.45, 7) is 2.79. The molecule has 6 nitrogen and oxygen atoms in total. The molecule has 2 amide bonds. The Morgan fingerprint density at radius 2 is 2.04 bits per heavy atom. The lowest BCUT2D eigenvalue weighted by atomic mass is 10.0. The molecule has 0 spiro atoms. The fourth-order valence-electron chi connectivity index (χ4n) is 3.05. The van der Waals surface area contributed by atoms with Gasteiger partial charge in [-0.1, -0.05) is 12.1 Å². The number of nitrogens with one attached hydrogen (secondary N) is 1. The van der Waals surface area contributed by atoms with Gasteiger partial charge in [-0.25, -0.2) is 4.79 Å². The van der Waals surface area contributed by atoms with Crippen molar-refractivity contribution in [1.29, 1.82) is 0 Å². The van der Waals surface area contributed by atoms with E-state index in [9.17, 15) is 18.0 Å². The summed E-state index contributed by atoms with van der Waals surface area (Å²) in [5.41, 5.74) is 0.922. The molecule has 3 rings (SSSR count). The van der Waals surface area contributed by atoms with Crippen molar-refractivity contribution in [1.82, 2.24) is 15.0 Å². The third-order valence-electron chi connectivity index (χ3n) is 4.42. The lowest BCUT2D eigenvalue weighted by Crippen LogP contribution is -2.45. The van der Waals surface area contributed by atoms with Gasteiger partial charge >= 0.3 is 18.1 Å². The molecule has 140 valence electrons. The maximum absolute atomic E-state index is 12.5. The average molecular weight is 368 g/mol. The Morgan fingerprint density at radius 3 is 2.65 bits per heavy atom. The number of rotatable bonds is 3. The summed E-state index contributed by atoms with van der Waals surface area (Å²) < 4.78 is 41.8. The number of carbonyl (C=O) groups is 1. The van der Waals surface area contributed by atoms with Crippen molar-refractivity contribution in [2.45, 2.75) is 44.8 Å². The van der Waals surface area contributed by atoms with Crippen LogP contribution in [0.3, 0.4) is 0 Å². The van der Waals surface area contributed by atoms with E-state index < -0.39 is 12.1 Å². The molecule has 0 radical (unpaired) electrons. The van der Waals surface area contributed by atoms with Gasteiger partial charge in [0.2, 0.25) is 5.82 Å². The van der Waals surface area contributed by atoms with E-state index in [-0.39, 0.29) is 17.9 Å². The third-order valence-corrected chi connectivity index (χ3v) is 4.42. The van der Waals surface area contributed by atoms with Crippen molar-refractivity contribution in [2.24, 2.45) is 0 Å². The van der Waals surface area contributed by atoms with Crippen molar-refractivity contribution in [3.63, 3.8) is 0 Å². The van der Waals surface area contributed by atoms with Gasteiger partial charge in [0.1, 0.15) is 0 Å². The highest BCUT2D eigenvalue weighted by atomic mass is 19.4. The number of halogens is 3. The van der Waals surface area contributed by atoms with E-state index in [0.717, 1.165) is 32.2 Å². The van der Waals surface area contributed by atoms with Crippen molar-refractivity contribution >= 4 is 11.7 Å². The van der Waals surface area contributed by atoms with Crippen LogP contribution >= 0.6 is 0 Å². The molecule has 1 N–H and O–H groups in total. The van der Waals surface area contributed by atoms with Crippen LogP contribution in [0.15, 0.2) is 28.8 Å². The first kappa shape index (κ1) is 18.2. The number of urea groups is 1.